The lowest BCUT2D eigenvalue weighted by Crippen LogP contribution is -2.23. The average molecular weight is 460 g/mol. The largest absolute Gasteiger partial charge is 0.322 e. The van der Waals surface area contributed by atoms with E-state index in [0.717, 1.165) is 26.4 Å². The van der Waals surface area contributed by atoms with Crippen molar-refractivity contribution < 1.29 is 13.2 Å². The van der Waals surface area contributed by atoms with Gasteiger partial charge in [0.1, 0.15) is 0 Å². The summed E-state index contributed by atoms with van der Waals surface area (Å²) in [7, 11) is -0.678. The van der Waals surface area contributed by atoms with Gasteiger partial charge in [0.2, 0.25) is 10.0 Å². The van der Waals surface area contributed by atoms with E-state index in [0.29, 0.717) is 22.5 Å². The Labute approximate surface area is 194 Å². The molecule has 0 saturated heterocycles. The lowest BCUT2D eigenvalue weighted by molar-refractivity contribution is 0.102. The normalized spacial score (nSPS) is 11.7. The molecule has 0 spiro atoms. The fraction of sp³-hybridized carbons (Fsp3) is 0.154. The van der Waals surface area contributed by atoms with E-state index in [2.05, 4.69) is 5.32 Å². The molecule has 0 atom stereocenters. The Morgan fingerprint density at radius 1 is 0.909 bits per heavy atom. The van der Waals surface area contributed by atoms with E-state index in [1.807, 2.05) is 68.4 Å². The number of carbonyl (C=O) groups is 1. The third-order valence-corrected chi connectivity index (χ3v) is 7.49. The first-order valence-corrected chi connectivity index (χ1v) is 11.9. The third kappa shape index (κ3) is 4.37. The van der Waals surface area contributed by atoms with E-state index in [1.165, 1.54) is 20.2 Å². The second-order valence-electron chi connectivity index (χ2n) is 8.09. The molecule has 3 aromatic carbocycles. The van der Waals surface area contributed by atoms with Crippen LogP contribution in [0.2, 0.25) is 0 Å². The minimum atomic E-state index is -3.64. The van der Waals surface area contributed by atoms with Crippen LogP contribution in [0.1, 0.15) is 21.5 Å². The van der Waals surface area contributed by atoms with E-state index >= 15 is 0 Å². The second kappa shape index (κ2) is 8.77. The number of sulfonamides is 1. The van der Waals surface area contributed by atoms with Crippen molar-refractivity contribution in [3.63, 3.8) is 0 Å². The maximum atomic E-state index is 13.5. The van der Waals surface area contributed by atoms with Crippen LogP contribution in [0, 0.1) is 13.8 Å². The minimum absolute atomic E-state index is 0.135. The fourth-order valence-corrected chi connectivity index (χ4v) is 4.64. The van der Waals surface area contributed by atoms with E-state index < -0.39 is 10.0 Å². The quantitative estimate of drug-likeness (QED) is 0.454. The Balaban J connectivity index is 1.81. The molecule has 33 heavy (non-hydrogen) atoms. The number of aromatic nitrogens is 1. The molecule has 0 radical (unpaired) electrons. The molecule has 0 unspecified atom stereocenters. The van der Waals surface area contributed by atoms with Gasteiger partial charge in [0.05, 0.1) is 21.7 Å². The van der Waals surface area contributed by atoms with E-state index in [-0.39, 0.29) is 10.8 Å². The van der Waals surface area contributed by atoms with Crippen molar-refractivity contribution in [3.8, 4) is 11.3 Å². The molecule has 0 saturated carbocycles. The highest BCUT2D eigenvalue weighted by molar-refractivity contribution is 7.89. The highest BCUT2D eigenvalue weighted by Gasteiger charge is 2.21. The number of nitrogens with one attached hydrogen (secondary N) is 1. The summed E-state index contributed by atoms with van der Waals surface area (Å²) < 4.78 is 26.5. The maximum Gasteiger partial charge on any atom is 0.256 e. The van der Waals surface area contributed by atoms with Gasteiger partial charge in [-0.2, -0.15) is 0 Å². The number of fused-ring (bicyclic) bond motifs is 1. The fourth-order valence-electron chi connectivity index (χ4n) is 3.63. The van der Waals surface area contributed by atoms with Crippen molar-refractivity contribution in [2.75, 3.05) is 19.4 Å². The average Bonchev–Trinajstić information content (AvgIpc) is 2.81. The Morgan fingerprint density at radius 2 is 1.58 bits per heavy atom. The SMILES string of the molecule is Cc1cc(S(=O)(=O)N(C)C)cc(NC(=O)c2cc(-c3ccccc3)nc3ccccc23)c1C. The first-order valence-electron chi connectivity index (χ1n) is 10.5. The minimum Gasteiger partial charge on any atom is -0.322 e. The van der Waals surface area contributed by atoms with Crippen molar-refractivity contribution in [1.82, 2.24) is 9.29 Å². The number of aryl methyl sites for hydroxylation is 1. The maximum absolute atomic E-state index is 13.5. The monoisotopic (exact) mass is 459 g/mol. The first kappa shape index (κ1) is 22.6. The van der Waals surface area contributed by atoms with Gasteiger partial charge in [-0.15, -0.1) is 0 Å². The number of carbonyl (C=O) groups excluding carboxylic acids is 1. The molecule has 4 aromatic rings. The molecule has 6 nitrogen and oxygen atoms in total. The van der Waals surface area contributed by atoms with Gasteiger partial charge >= 0.3 is 0 Å². The number of rotatable bonds is 5. The predicted molar refractivity (Wildman–Crippen MR) is 132 cm³/mol. The number of hydrogen-bond acceptors (Lipinski definition) is 4. The molecular formula is C26H25N3O3S. The van der Waals surface area contributed by atoms with Crippen molar-refractivity contribution in [1.29, 1.82) is 0 Å². The van der Waals surface area contributed by atoms with Crippen LogP contribution < -0.4 is 5.32 Å². The predicted octanol–water partition coefficient (Wildman–Crippen LogP) is 5.02. The number of amides is 1. The summed E-state index contributed by atoms with van der Waals surface area (Å²) in [6.45, 7) is 3.69. The molecule has 0 aliphatic heterocycles. The van der Waals surface area contributed by atoms with Crippen molar-refractivity contribution in [2.24, 2.45) is 0 Å². The van der Waals surface area contributed by atoms with Crippen LogP contribution in [-0.4, -0.2) is 37.7 Å². The summed E-state index contributed by atoms with van der Waals surface area (Å²) in [5.74, 6) is -0.326. The number of anilines is 1. The standard InChI is InChI=1S/C26H25N3O3S/c1-17-14-20(33(31,32)29(3)4)15-24(18(17)2)28-26(30)22-16-25(19-10-6-5-7-11-19)27-23-13-9-8-12-21(22)23/h5-16H,1-4H3,(H,28,30). The molecule has 0 bridgehead atoms. The van der Waals surface area contributed by atoms with Gasteiger partial charge < -0.3 is 5.32 Å². The zero-order valence-electron chi connectivity index (χ0n) is 19.0. The smallest absolute Gasteiger partial charge is 0.256 e. The Bertz CT molecular complexity index is 1460. The number of benzene rings is 3. The third-order valence-electron chi connectivity index (χ3n) is 5.70. The zero-order valence-corrected chi connectivity index (χ0v) is 19.8. The summed E-state index contributed by atoms with van der Waals surface area (Å²) in [5, 5.41) is 3.66. The Kier molecular flexibility index (Phi) is 6.01. The summed E-state index contributed by atoms with van der Waals surface area (Å²) in [4.78, 5) is 18.3. The topological polar surface area (TPSA) is 79.4 Å². The zero-order chi connectivity index (χ0) is 23.8. The van der Waals surface area contributed by atoms with Crippen LogP contribution >= 0.6 is 0 Å². The van der Waals surface area contributed by atoms with Crippen LogP contribution in [-0.2, 0) is 10.0 Å². The molecule has 1 N–H and O–H groups in total. The summed E-state index contributed by atoms with van der Waals surface area (Å²) in [6.07, 6.45) is 0. The number of nitrogens with zero attached hydrogens (tertiary/aromatic N) is 2. The van der Waals surface area contributed by atoms with Crippen LogP contribution in [0.5, 0.6) is 0 Å². The van der Waals surface area contributed by atoms with Gasteiger partial charge in [-0.3, -0.25) is 4.79 Å². The molecule has 1 amide bonds. The molecule has 0 fully saturated rings. The number of pyridine rings is 1. The first-order chi connectivity index (χ1) is 15.7. The van der Waals surface area contributed by atoms with E-state index in [1.54, 1.807) is 12.1 Å². The molecule has 0 aliphatic rings. The van der Waals surface area contributed by atoms with Crippen LogP contribution in [0.4, 0.5) is 5.69 Å². The van der Waals surface area contributed by atoms with Crippen molar-refractivity contribution in [3.05, 3.63) is 89.5 Å². The van der Waals surface area contributed by atoms with Gasteiger partial charge in [-0.05, 0) is 49.2 Å². The van der Waals surface area contributed by atoms with Crippen LogP contribution in [0.25, 0.3) is 22.2 Å². The lowest BCUT2D eigenvalue weighted by atomic mass is 10.0. The van der Waals surface area contributed by atoms with Gasteiger partial charge in [0, 0.05) is 30.7 Å². The summed E-state index contributed by atoms with van der Waals surface area (Å²) in [6, 6.07) is 22.1. The molecule has 1 heterocycles. The van der Waals surface area contributed by atoms with Crippen molar-refractivity contribution >= 4 is 32.5 Å². The molecule has 1 aromatic heterocycles. The van der Waals surface area contributed by atoms with Gasteiger partial charge in [0.25, 0.3) is 5.91 Å². The molecule has 168 valence electrons. The van der Waals surface area contributed by atoms with Gasteiger partial charge in [-0.25, -0.2) is 17.7 Å². The van der Waals surface area contributed by atoms with Gasteiger partial charge in [0.15, 0.2) is 0 Å². The summed E-state index contributed by atoms with van der Waals surface area (Å²) in [5.41, 5.74) is 4.82. The van der Waals surface area contributed by atoms with Crippen LogP contribution in [0.3, 0.4) is 0 Å². The second-order valence-corrected chi connectivity index (χ2v) is 10.2. The lowest BCUT2D eigenvalue weighted by Gasteiger charge is -2.17. The molecule has 7 heteroatoms. The van der Waals surface area contributed by atoms with Crippen molar-refractivity contribution in [2.45, 2.75) is 18.7 Å². The molecule has 0 aliphatic carbocycles. The van der Waals surface area contributed by atoms with E-state index in [4.69, 9.17) is 4.98 Å². The molecular weight excluding hydrogens is 434 g/mol. The Hall–Kier alpha value is -3.55. The van der Waals surface area contributed by atoms with Crippen LogP contribution in [0.15, 0.2) is 77.7 Å². The molecule has 4 rings (SSSR count). The Morgan fingerprint density at radius 3 is 2.27 bits per heavy atom. The highest BCUT2D eigenvalue weighted by atomic mass is 32.2. The van der Waals surface area contributed by atoms with E-state index in [9.17, 15) is 13.2 Å². The number of hydrogen-bond donors (Lipinski definition) is 1. The van der Waals surface area contributed by atoms with Gasteiger partial charge in [-0.1, -0.05) is 48.5 Å². The highest BCUT2D eigenvalue weighted by Crippen LogP contribution is 2.28. The number of para-hydroxylation sites is 1. The summed E-state index contributed by atoms with van der Waals surface area (Å²) >= 11 is 0.